The first kappa shape index (κ1) is 14.0. The van der Waals surface area contributed by atoms with Gasteiger partial charge in [0.05, 0.1) is 16.7 Å². The first-order valence-electron chi connectivity index (χ1n) is 7.40. The third-order valence-electron chi connectivity index (χ3n) is 3.96. The molecule has 0 amide bonds. The fraction of sp³-hybridized carbons (Fsp3) is 0.118. The normalized spacial score (nSPS) is 16.2. The first-order chi connectivity index (χ1) is 11.1. The molecule has 1 aliphatic heterocycles. The van der Waals surface area contributed by atoms with Gasteiger partial charge in [-0.1, -0.05) is 42.5 Å². The summed E-state index contributed by atoms with van der Waals surface area (Å²) in [5.41, 5.74) is 2.98. The third-order valence-corrected chi connectivity index (χ3v) is 5.75. The Morgan fingerprint density at radius 3 is 2.43 bits per heavy atom. The van der Waals surface area contributed by atoms with Gasteiger partial charge in [0.15, 0.2) is 0 Å². The van der Waals surface area contributed by atoms with E-state index in [-0.39, 0.29) is 5.16 Å². The Morgan fingerprint density at radius 1 is 1.00 bits per heavy atom. The molecule has 0 saturated heterocycles. The van der Waals surface area contributed by atoms with E-state index in [0.29, 0.717) is 17.8 Å². The summed E-state index contributed by atoms with van der Waals surface area (Å²) in [6.07, 6.45) is 1.85. The van der Waals surface area contributed by atoms with Crippen LogP contribution >= 0.6 is 0 Å². The van der Waals surface area contributed by atoms with Crippen molar-refractivity contribution in [3.63, 3.8) is 0 Å². The van der Waals surface area contributed by atoms with E-state index in [1.54, 1.807) is 4.57 Å². The number of aromatic nitrogens is 2. The zero-order chi connectivity index (χ0) is 16.0. The molecule has 5 nitrogen and oxygen atoms in total. The van der Waals surface area contributed by atoms with Crippen LogP contribution < -0.4 is 0 Å². The third kappa shape index (κ3) is 1.98. The van der Waals surface area contributed by atoms with E-state index in [9.17, 15) is 8.42 Å². The van der Waals surface area contributed by atoms with Crippen molar-refractivity contribution in [2.24, 2.45) is 0 Å². The molecule has 0 N–H and O–H groups in total. The van der Waals surface area contributed by atoms with E-state index >= 15 is 0 Å². The molecule has 23 heavy (non-hydrogen) atoms. The summed E-state index contributed by atoms with van der Waals surface area (Å²) in [5.74, 6) is 0. The minimum atomic E-state index is -3.68. The summed E-state index contributed by atoms with van der Waals surface area (Å²) < 4.78 is 29.1. The molecule has 2 heterocycles. The van der Waals surface area contributed by atoms with Gasteiger partial charge in [-0.3, -0.25) is 8.87 Å². The van der Waals surface area contributed by atoms with Gasteiger partial charge in [-0.2, -0.15) is 8.42 Å². The lowest BCUT2D eigenvalue weighted by Gasteiger charge is -2.29. The molecular weight excluding hydrogens is 310 g/mol. The summed E-state index contributed by atoms with van der Waals surface area (Å²) in [6, 6.07) is 17.0. The molecule has 0 saturated carbocycles. The molecular formula is C17H15N3O2S. The van der Waals surface area contributed by atoms with E-state index in [4.69, 9.17) is 0 Å². The Bertz CT molecular complexity index is 1020. The predicted octanol–water partition coefficient (Wildman–Crippen LogP) is 3.02. The SMILES string of the molecule is CCN1C(c2ccccc2)=Cn2c(nc3ccccc32)S1(=O)=O. The molecule has 0 atom stereocenters. The number of nitrogens with zero attached hydrogens (tertiary/aromatic N) is 3. The maximum absolute atomic E-state index is 13.0. The van der Waals surface area contributed by atoms with Crippen molar-refractivity contribution < 1.29 is 8.42 Å². The van der Waals surface area contributed by atoms with Crippen LogP contribution in [0.15, 0.2) is 59.8 Å². The molecule has 4 rings (SSSR count). The largest absolute Gasteiger partial charge is 0.298 e. The molecule has 1 aliphatic rings. The molecule has 0 unspecified atom stereocenters. The highest BCUT2D eigenvalue weighted by Crippen LogP contribution is 2.34. The Hall–Kier alpha value is -2.60. The minimum Gasteiger partial charge on any atom is -0.286 e. The van der Waals surface area contributed by atoms with Crippen LogP contribution in [0.25, 0.3) is 22.9 Å². The zero-order valence-corrected chi connectivity index (χ0v) is 13.4. The summed E-state index contributed by atoms with van der Waals surface area (Å²) in [6.45, 7) is 2.18. The second kappa shape index (κ2) is 4.96. The summed E-state index contributed by atoms with van der Waals surface area (Å²) in [5, 5.41) is 0.0697. The van der Waals surface area contributed by atoms with E-state index in [1.807, 2.05) is 67.7 Å². The molecule has 2 aromatic carbocycles. The summed E-state index contributed by atoms with van der Waals surface area (Å²) in [7, 11) is -3.68. The van der Waals surface area contributed by atoms with E-state index in [0.717, 1.165) is 11.1 Å². The number of sulfonamides is 1. The van der Waals surface area contributed by atoms with Crippen LogP contribution in [-0.4, -0.2) is 28.8 Å². The summed E-state index contributed by atoms with van der Waals surface area (Å²) >= 11 is 0. The van der Waals surface area contributed by atoms with E-state index < -0.39 is 10.0 Å². The quantitative estimate of drug-likeness (QED) is 0.728. The Kier molecular flexibility index (Phi) is 3.02. The van der Waals surface area contributed by atoms with Gasteiger partial charge < -0.3 is 0 Å². The lowest BCUT2D eigenvalue weighted by Crippen LogP contribution is -2.34. The number of benzene rings is 2. The zero-order valence-electron chi connectivity index (χ0n) is 12.5. The standard InChI is InChI=1S/C17H15N3O2S/c1-2-20-16(13-8-4-3-5-9-13)12-19-15-11-7-6-10-14(15)18-17(19)23(20,21)22/h3-12H,2H2,1H3. The smallest absolute Gasteiger partial charge is 0.286 e. The monoisotopic (exact) mass is 325 g/mol. The van der Waals surface area contributed by atoms with E-state index in [2.05, 4.69) is 4.98 Å². The molecule has 6 heteroatoms. The predicted molar refractivity (Wildman–Crippen MR) is 89.9 cm³/mol. The van der Waals surface area contributed by atoms with E-state index in [1.165, 1.54) is 4.31 Å². The highest BCUT2D eigenvalue weighted by molar-refractivity contribution is 7.89. The average Bonchev–Trinajstić information content (AvgIpc) is 2.95. The van der Waals surface area contributed by atoms with Crippen LogP contribution in [-0.2, 0) is 10.0 Å². The van der Waals surface area contributed by atoms with Crippen LogP contribution in [0.4, 0.5) is 0 Å². The van der Waals surface area contributed by atoms with Gasteiger partial charge in [-0.25, -0.2) is 4.98 Å². The van der Waals surface area contributed by atoms with Gasteiger partial charge >= 0.3 is 0 Å². The minimum absolute atomic E-state index is 0.0697. The maximum Gasteiger partial charge on any atom is 0.298 e. The van der Waals surface area contributed by atoms with Crippen molar-refractivity contribution in [2.75, 3.05) is 6.54 Å². The van der Waals surface area contributed by atoms with Crippen LogP contribution in [0.5, 0.6) is 0 Å². The van der Waals surface area contributed by atoms with Crippen molar-refractivity contribution in [2.45, 2.75) is 12.1 Å². The van der Waals surface area contributed by atoms with Crippen LogP contribution in [0, 0.1) is 0 Å². The molecule has 1 aromatic heterocycles. The Labute approximate surface area is 134 Å². The number of para-hydroxylation sites is 2. The van der Waals surface area contributed by atoms with Gasteiger partial charge in [0, 0.05) is 18.3 Å². The van der Waals surface area contributed by atoms with Crippen LogP contribution in [0.3, 0.4) is 0 Å². The van der Waals surface area contributed by atoms with Crippen molar-refractivity contribution in [1.29, 1.82) is 0 Å². The van der Waals surface area contributed by atoms with Gasteiger partial charge in [-0.05, 0) is 19.1 Å². The second-order valence-corrected chi connectivity index (χ2v) is 7.06. The first-order valence-corrected chi connectivity index (χ1v) is 8.84. The fourth-order valence-electron chi connectivity index (χ4n) is 2.91. The molecule has 116 valence electrons. The van der Waals surface area contributed by atoms with Crippen LogP contribution in [0.1, 0.15) is 12.5 Å². The molecule has 0 radical (unpaired) electrons. The van der Waals surface area contributed by atoms with Crippen molar-refractivity contribution in [1.82, 2.24) is 13.9 Å². The number of hydrogen-bond acceptors (Lipinski definition) is 3. The van der Waals surface area contributed by atoms with Gasteiger partial charge in [0.2, 0.25) is 0 Å². The second-order valence-electron chi connectivity index (χ2n) is 5.30. The van der Waals surface area contributed by atoms with Crippen LogP contribution in [0.2, 0.25) is 0 Å². The van der Waals surface area contributed by atoms with Crippen molar-refractivity contribution in [3.05, 3.63) is 60.2 Å². The maximum atomic E-state index is 13.0. The van der Waals surface area contributed by atoms with Crippen molar-refractivity contribution >= 4 is 33.0 Å². The average molecular weight is 325 g/mol. The van der Waals surface area contributed by atoms with Gasteiger partial charge in [0.25, 0.3) is 15.2 Å². The highest BCUT2D eigenvalue weighted by atomic mass is 32.2. The Morgan fingerprint density at radius 2 is 1.70 bits per heavy atom. The molecule has 0 fully saturated rings. The lowest BCUT2D eigenvalue weighted by atomic mass is 10.1. The lowest BCUT2D eigenvalue weighted by molar-refractivity contribution is 0.507. The summed E-state index contributed by atoms with van der Waals surface area (Å²) in [4.78, 5) is 4.32. The van der Waals surface area contributed by atoms with Gasteiger partial charge in [0.1, 0.15) is 0 Å². The number of hydrogen-bond donors (Lipinski definition) is 0. The Balaban J connectivity index is 2.07. The number of imidazole rings is 1. The van der Waals surface area contributed by atoms with Crippen molar-refractivity contribution in [3.8, 4) is 0 Å². The van der Waals surface area contributed by atoms with Gasteiger partial charge in [-0.15, -0.1) is 0 Å². The highest BCUT2D eigenvalue weighted by Gasteiger charge is 2.35. The topological polar surface area (TPSA) is 55.2 Å². The number of rotatable bonds is 2. The molecule has 0 aliphatic carbocycles. The molecule has 3 aromatic rings. The molecule has 0 bridgehead atoms. The fourth-order valence-corrected chi connectivity index (χ4v) is 4.47. The molecule has 0 spiro atoms. The number of fused-ring (bicyclic) bond motifs is 3.